The molecule has 4 nitrogen and oxygen atoms in total. The first-order chi connectivity index (χ1) is 10.1. The lowest BCUT2D eigenvalue weighted by Gasteiger charge is -2.35. The summed E-state index contributed by atoms with van der Waals surface area (Å²) in [6, 6.07) is 8.64. The van der Waals surface area contributed by atoms with E-state index in [1.54, 1.807) is 0 Å². The van der Waals surface area contributed by atoms with Crippen LogP contribution in [-0.2, 0) is 13.0 Å². The summed E-state index contributed by atoms with van der Waals surface area (Å²) >= 11 is 0. The van der Waals surface area contributed by atoms with E-state index in [0.717, 1.165) is 43.1 Å². The largest absolute Gasteiger partial charge is 0.394 e. The standard InChI is InChI=1S/C17H24N4/c1-4-9-21-17(16(18)13(3)19-21)20-11-12(2)10-14-7-5-6-8-15(14)20/h5-8,12H,4,9-11,18H2,1-3H3. The van der Waals surface area contributed by atoms with Crippen molar-refractivity contribution < 1.29 is 0 Å². The van der Waals surface area contributed by atoms with Gasteiger partial charge in [-0.25, -0.2) is 4.68 Å². The van der Waals surface area contributed by atoms with Crippen LogP contribution in [0.3, 0.4) is 0 Å². The number of fused-ring (bicyclic) bond motifs is 1. The first kappa shape index (κ1) is 14.0. The molecule has 1 atom stereocenters. The van der Waals surface area contributed by atoms with Crippen molar-refractivity contribution in [3.8, 4) is 0 Å². The Morgan fingerprint density at radius 3 is 2.86 bits per heavy atom. The van der Waals surface area contributed by atoms with Crippen molar-refractivity contribution >= 4 is 17.2 Å². The van der Waals surface area contributed by atoms with E-state index in [2.05, 4.69) is 52.8 Å². The van der Waals surface area contributed by atoms with Gasteiger partial charge in [0.25, 0.3) is 0 Å². The monoisotopic (exact) mass is 284 g/mol. The van der Waals surface area contributed by atoms with Gasteiger partial charge in [0.2, 0.25) is 0 Å². The summed E-state index contributed by atoms with van der Waals surface area (Å²) in [5.74, 6) is 1.68. The maximum absolute atomic E-state index is 6.34. The highest BCUT2D eigenvalue weighted by atomic mass is 15.4. The number of hydrogen-bond donors (Lipinski definition) is 1. The molecule has 3 rings (SSSR count). The molecule has 1 unspecified atom stereocenters. The minimum absolute atomic E-state index is 0.615. The van der Waals surface area contributed by atoms with Crippen LogP contribution < -0.4 is 10.6 Å². The van der Waals surface area contributed by atoms with Gasteiger partial charge in [-0.2, -0.15) is 5.10 Å². The molecular weight excluding hydrogens is 260 g/mol. The van der Waals surface area contributed by atoms with E-state index in [1.807, 2.05) is 6.92 Å². The SMILES string of the molecule is CCCn1nc(C)c(N)c1N1CC(C)Cc2ccccc21. The van der Waals surface area contributed by atoms with Gasteiger partial charge >= 0.3 is 0 Å². The van der Waals surface area contributed by atoms with Crippen molar-refractivity contribution in [2.75, 3.05) is 17.2 Å². The smallest absolute Gasteiger partial charge is 0.155 e. The normalized spacial score (nSPS) is 17.9. The molecule has 0 saturated carbocycles. The zero-order chi connectivity index (χ0) is 15.0. The molecule has 1 aliphatic heterocycles. The van der Waals surface area contributed by atoms with Gasteiger partial charge in [0.15, 0.2) is 5.82 Å². The number of para-hydroxylation sites is 1. The molecule has 1 aromatic heterocycles. The molecule has 2 N–H and O–H groups in total. The van der Waals surface area contributed by atoms with Gasteiger partial charge in [-0.1, -0.05) is 32.0 Å². The Morgan fingerprint density at radius 1 is 1.33 bits per heavy atom. The Morgan fingerprint density at radius 2 is 2.10 bits per heavy atom. The molecule has 2 aromatic rings. The second-order valence-corrected chi connectivity index (χ2v) is 6.09. The van der Waals surface area contributed by atoms with Crippen molar-refractivity contribution in [1.29, 1.82) is 0 Å². The zero-order valence-corrected chi connectivity index (χ0v) is 13.1. The molecule has 0 amide bonds. The highest BCUT2D eigenvalue weighted by Gasteiger charge is 2.27. The molecule has 0 bridgehead atoms. The fraction of sp³-hybridized carbons (Fsp3) is 0.471. The van der Waals surface area contributed by atoms with Crippen LogP contribution in [0, 0.1) is 12.8 Å². The van der Waals surface area contributed by atoms with E-state index in [1.165, 1.54) is 11.3 Å². The van der Waals surface area contributed by atoms with E-state index in [9.17, 15) is 0 Å². The Hall–Kier alpha value is -1.97. The maximum atomic E-state index is 6.34. The predicted octanol–water partition coefficient (Wildman–Crippen LogP) is 3.51. The molecule has 0 aliphatic carbocycles. The van der Waals surface area contributed by atoms with E-state index < -0.39 is 0 Å². The molecule has 0 fully saturated rings. The highest BCUT2D eigenvalue weighted by molar-refractivity contribution is 5.75. The van der Waals surface area contributed by atoms with Crippen LogP contribution in [0.15, 0.2) is 24.3 Å². The minimum Gasteiger partial charge on any atom is -0.394 e. The van der Waals surface area contributed by atoms with E-state index >= 15 is 0 Å². The summed E-state index contributed by atoms with van der Waals surface area (Å²) in [6.45, 7) is 8.36. The fourth-order valence-electron chi connectivity index (χ4n) is 3.23. The minimum atomic E-state index is 0.615. The van der Waals surface area contributed by atoms with Gasteiger partial charge in [0.05, 0.1) is 11.4 Å². The lowest BCUT2D eigenvalue weighted by Crippen LogP contribution is -2.32. The van der Waals surface area contributed by atoms with Gasteiger partial charge < -0.3 is 10.6 Å². The number of hydrogen-bond acceptors (Lipinski definition) is 3. The number of nitrogens with two attached hydrogens (primary N) is 1. The number of nitrogen functional groups attached to an aromatic ring is 1. The van der Waals surface area contributed by atoms with Crippen molar-refractivity contribution in [2.45, 2.75) is 40.2 Å². The number of anilines is 3. The summed E-state index contributed by atoms with van der Waals surface area (Å²) in [5, 5.41) is 4.62. The van der Waals surface area contributed by atoms with E-state index in [0.29, 0.717) is 5.92 Å². The lowest BCUT2D eigenvalue weighted by molar-refractivity contribution is 0.539. The lowest BCUT2D eigenvalue weighted by atomic mass is 9.94. The van der Waals surface area contributed by atoms with Gasteiger partial charge in [-0.05, 0) is 37.3 Å². The Kier molecular flexibility index (Phi) is 3.62. The summed E-state index contributed by atoms with van der Waals surface area (Å²) in [7, 11) is 0. The van der Waals surface area contributed by atoms with Gasteiger partial charge in [0.1, 0.15) is 0 Å². The Bertz CT molecular complexity index is 644. The van der Waals surface area contributed by atoms with Crippen LogP contribution in [0.25, 0.3) is 0 Å². The average Bonchev–Trinajstić information content (AvgIpc) is 2.73. The molecule has 0 spiro atoms. The number of aromatic nitrogens is 2. The van der Waals surface area contributed by atoms with Crippen molar-refractivity contribution in [3.63, 3.8) is 0 Å². The van der Waals surface area contributed by atoms with Gasteiger partial charge in [0, 0.05) is 18.8 Å². The van der Waals surface area contributed by atoms with Gasteiger partial charge in [-0.15, -0.1) is 0 Å². The van der Waals surface area contributed by atoms with Crippen molar-refractivity contribution in [1.82, 2.24) is 9.78 Å². The first-order valence-corrected chi connectivity index (χ1v) is 7.80. The third kappa shape index (κ3) is 2.39. The molecule has 0 saturated heterocycles. The van der Waals surface area contributed by atoms with Gasteiger partial charge in [-0.3, -0.25) is 0 Å². The number of nitrogens with zero attached hydrogens (tertiary/aromatic N) is 3. The molecule has 0 radical (unpaired) electrons. The Balaban J connectivity index is 2.12. The maximum Gasteiger partial charge on any atom is 0.155 e. The van der Waals surface area contributed by atoms with Crippen LogP contribution in [0.1, 0.15) is 31.5 Å². The second-order valence-electron chi connectivity index (χ2n) is 6.09. The van der Waals surface area contributed by atoms with Crippen molar-refractivity contribution in [3.05, 3.63) is 35.5 Å². The zero-order valence-electron chi connectivity index (χ0n) is 13.1. The predicted molar refractivity (Wildman–Crippen MR) is 88.0 cm³/mol. The molecule has 21 heavy (non-hydrogen) atoms. The van der Waals surface area contributed by atoms with E-state index in [4.69, 9.17) is 5.73 Å². The van der Waals surface area contributed by atoms with Crippen LogP contribution in [0.5, 0.6) is 0 Å². The van der Waals surface area contributed by atoms with Crippen molar-refractivity contribution in [2.24, 2.45) is 5.92 Å². The molecule has 2 heterocycles. The first-order valence-electron chi connectivity index (χ1n) is 7.80. The summed E-state index contributed by atoms with van der Waals surface area (Å²) < 4.78 is 2.07. The average molecular weight is 284 g/mol. The number of benzene rings is 1. The fourth-order valence-corrected chi connectivity index (χ4v) is 3.23. The number of rotatable bonds is 3. The quantitative estimate of drug-likeness (QED) is 0.938. The molecule has 112 valence electrons. The summed E-state index contributed by atoms with van der Waals surface area (Å²) in [6.07, 6.45) is 2.19. The third-order valence-corrected chi connectivity index (χ3v) is 4.18. The third-order valence-electron chi connectivity index (χ3n) is 4.18. The highest BCUT2D eigenvalue weighted by Crippen LogP contribution is 2.38. The van der Waals surface area contributed by atoms with Crippen LogP contribution in [-0.4, -0.2) is 16.3 Å². The second kappa shape index (κ2) is 5.43. The Labute approximate surface area is 126 Å². The molecule has 1 aliphatic rings. The molecular formula is C17H24N4. The summed E-state index contributed by atoms with van der Waals surface area (Å²) in [4.78, 5) is 2.36. The number of aryl methyl sites for hydroxylation is 2. The van der Waals surface area contributed by atoms with Crippen LogP contribution >= 0.6 is 0 Å². The van der Waals surface area contributed by atoms with Crippen LogP contribution in [0.4, 0.5) is 17.2 Å². The van der Waals surface area contributed by atoms with Crippen LogP contribution in [0.2, 0.25) is 0 Å². The summed E-state index contributed by atoms with van der Waals surface area (Å²) in [5.41, 5.74) is 10.8. The molecule has 1 aromatic carbocycles. The topological polar surface area (TPSA) is 47.1 Å². The molecule has 4 heteroatoms. The van der Waals surface area contributed by atoms with E-state index in [-0.39, 0.29) is 0 Å².